The van der Waals surface area contributed by atoms with Crippen molar-refractivity contribution in [1.29, 1.82) is 5.26 Å². The zero-order valence-electron chi connectivity index (χ0n) is 13.0. The van der Waals surface area contributed by atoms with E-state index in [4.69, 9.17) is 0 Å². The molecule has 0 aliphatic heterocycles. The Morgan fingerprint density at radius 3 is 2.42 bits per heavy atom. The number of hydrogen-bond acceptors (Lipinski definition) is 3. The van der Waals surface area contributed by atoms with Gasteiger partial charge in [-0.05, 0) is 65.1 Å². The third kappa shape index (κ3) is 6.40. The van der Waals surface area contributed by atoms with Crippen LogP contribution in [0, 0.1) is 11.3 Å². The molecule has 3 heteroatoms. The molecule has 1 N–H and O–H groups in total. The molecule has 0 aromatic heterocycles. The van der Waals surface area contributed by atoms with Crippen molar-refractivity contribution < 1.29 is 0 Å². The molecule has 110 valence electrons. The molecule has 0 heterocycles. The van der Waals surface area contributed by atoms with Crippen molar-refractivity contribution in [3.05, 3.63) is 0 Å². The van der Waals surface area contributed by atoms with Gasteiger partial charge in [0.15, 0.2) is 0 Å². The van der Waals surface area contributed by atoms with Gasteiger partial charge in [0.2, 0.25) is 0 Å². The van der Waals surface area contributed by atoms with Crippen LogP contribution in [0.3, 0.4) is 0 Å². The minimum atomic E-state index is -0.331. The van der Waals surface area contributed by atoms with E-state index >= 15 is 0 Å². The summed E-state index contributed by atoms with van der Waals surface area (Å²) in [6, 6.07) is 3.29. The highest BCUT2D eigenvalue weighted by atomic mass is 15.2. The van der Waals surface area contributed by atoms with E-state index in [2.05, 4.69) is 30.1 Å². The van der Waals surface area contributed by atoms with Crippen molar-refractivity contribution in [2.75, 3.05) is 19.6 Å². The summed E-state index contributed by atoms with van der Waals surface area (Å²) < 4.78 is 0. The molecule has 0 aromatic carbocycles. The van der Waals surface area contributed by atoms with Gasteiger partial charge < -0.3 is 4.90 Å². The summed E-state index contributed by atoms with van der Waals surface area (Å²) in [6.07, 6.45) is 8.74. The second-order valence-electron chi connectivity index (χ2n) is 6.05. The lowest BCUT2D eigenvalue weighted by Gasteiger charge is -2.24. The summed E-state index contributed by atoms with van der Waals surface area (Å²) >= 11 is 0. The predicted octanol–water partition coefficient (Wildman–Crippen LogP) is 3.31. The Hall–Kier alpha value is -0.590. The first-order chi connectivity index (χ1) is 9.15. The van der Waals surface area contributed by atoms with Gasteiger partial charge in [-0.2, -0.15) is 5.26 Å². The Morgan fingerprint density at radius 1 is 1.21 bits per heavy atom. The second kappa shape index (κ2) is 8.55. The molecule has 3 nitrogen and oxygen atoms in total. The molecular formula is C16H31N3. The van der Waals surface area contributed by atoms with Gasteiger partial charge in [0.25, 0.3) is 0 Å². The molecule has 0 aromatic rings. The number of nitrogens with zero attached hydrogens (tertiary/aromatic N) is 2. The van der Waals surface area contributed by atoms with E-state index in [1.807, 2.05) is 6.92 Å². The first-order valence-corrected chi connectivity index (χ1v) is 8.05. The summed E-state index contributed by atoms with van der Waals surface area (Å²) in [4.78, 5) is 2.67. The molecule has 1 unspecified atom stereocenters. The molecule has 1 fully saturated rings. The van der Waals surface area contributed by atoms with Crippen LogP contribution in [0.4, 0.5) is 0 Å². The maximum absolute atomic E-state index is 9.22. The van der Waals surface area contributed by atoms with E-state index in [1.54, 1.807) is 0 Å². The van der Waals surface area contributed by atoms with Crippen LogP contribution in [0.2, 0.25) is 0 Å². The molecule has 0 bridgehead atoms. The van der Waals surface area contributed by atoms with E-state index in [0.29, 0.717) is 0 Å². The predicted molar refractivity (Wildman–Crippen MR) is 81.0 cm³/mol. The Morgan fingerprint density at radius 2 is 1.89 bits per heavy atom. The molecule has 0 spiro atoms. The SMILES string of the molecule is CCCCN(CCCCC(C)(C#N)NCC)C1CC1. The minimum absolute atomic E-state index is 0.331. The maximum atomic E-state index is 9.22. The third-order valence-corrected chi connectivity index (χ3v) is 4.05. The average molecular weight is 265 g/mol. The van der Waals surface area contributed by atoms with Gasteiger partial charge in [0.1, 0.15) is 5.54 Å². The Labute approximate surface area is 119 Å². The van der Waals surface area contributed by atoms with Crippen LogP contribution < -0.4 is 5.32 Å². The normalized spacial score (nSPS) is 18.3. The van der Waals surface area contributed by atoms with E-state index in [9.17, 15) is 5.26 Å². The summed E-state index contributed by atoms with van der Waals surface area (Å²) in [5.41, 5.74) is -0.331. The largest absolute Gasteiger partial charge is 0.300 e. The molecule has 0 amide bonds. The number of unbranched alkanes of at least 4 members (excludes halogenated alkanes) is 2. The van der Waals surface area contributed by atoms with Crippen LogP contribution in [-0.4, -0.2) is 36.1 Å². The highest BCUT2D eigenvalue weighted by Gasteiger charge is 2.28. The number of rotatable bonds is 11. The average Bonchev–Trinajstić information content (AvgIpc) is 3.23. The van der Waals surface area contributed by atoms with Crippen molar-refractivity contribution in [3.63, 3.8) is 0 Å². The monoisotopic (exact) mass is 265 g/mol. The molecule has 0 radical (unpaired) electrons. The minimum Gasteiger partial charge on any atom is -0.300 e. The fraction of sp³-hybridized carbons (Fsp3) is 0.938. The molecule has 1 atom stereocenters. The van der Waals surface area contributed by atoms with Crippen molar-refractivity contribution >= 4 is 0 Å². The standard InChI is InChI=1S/C16H31N3/c1-4-6-12-19(15-9-10-15)13-8-7-11-16(3,14-17)18-5-2/h15,18H,4-13H2,1-3H3. The fourth-order valence-corrected chi connectivity index (χ4v) is 2.65. The van der Waals surface area contributed by atoms with Crippen molar-refractivity contribution in [3.8, 4) is 6.07 Å². The van der Waals surface area contributed by atoms with Crippen LogP contribution in [0.15, 0.2) is 0 Å². The Balaban J connectivity index is 2.19. The van der Waals surface area contributed by atoms with E-state index in [1.165, 1.54) is 45.2 Å². The molecule has 1 rings (SSSR count). The number of hydrogen-bond donors (Lipinski definition) is 1. The summed E-state index contributed by atoms with van der Waals surface area (Å²) in [5, 5.41) is 12.5. The van der Waals surface area contributed by atoms with Gasteiger partial charge in [-0.1, -0.05) is 20.3 Å². The highest BCUT2D eigenvalue weighted by molar-refractivity contribution is 5.03. The van der Waals surface area contributed by atoms with Crippen molar-refractivity contribution in [2.45, 2.75) is 77.3 Å². The lowest BCUT2D eigenvalue weighted by molar-refractivity contribution is 0.249. The van der Waals surface area contributed by atoms with Gasteiger partial charge >= 0.3 is 0 Å². The van der Waals surface area contributed by atoms with Crippen LogP contribution in [0.5, 0.6) is 0 Å². The molecule has 1 aliphatic carbocycles. The fourth-order valence-electron chi connectivity index (χ4n) is 2.65. The van der Waals surface area contributed by atoms with Gasteiger partial charge in [-0.25, -0.2) is 0 Å². The number of nitrogens with one attached hydrogen (secondary N) is 1. The van der Waals surface area contributed by atoms with Crippen LogP contribution in [-0.2, 0) is 0 Å². The highest BCUT2D eigenvalue weighted by Crippen LogP contribution is 2.27. The quantitative estimate of drug-likeness (QED) is 0.583. The van der Waals surface area contributed by atoms with Gasteiger partial charge in [0, 0.05) is 6.04 Å². The number of nitriles is 1. The van der Waals surface area contributed by atoms with Crippen LogP contribution in [0.1, 0.15) is 65.7 Å². The molecular weight excluding hydrogens is 234 g/mol. The first kappa shape index (κ1) is 16.5. The molecule has 19 heavy (non-hydrogen) atoms. The molecule has 0 saturated heterocycles. The lowest BCUT2D eigenvalue weighted by atomic mass is 9.96. The van der Waals surface area contributed by atoms with E-state index in [-0.39, 0.29) is 5.54 Å². The zero-order chi connectivity index (χ0) is 14.1. The Bertz CT molecular complexity index is 280. The molecule has 1 aliphatic rings. The summed E-state index contributed by atoms with van der Waals surface area (Å²) in [5.74, 6) is 0. The zero-order valence-corrected chi connectivity index (χ0v) is 13.0. The Kier molecular flexibility index (Phi) is 7.41. The topological polar surface area (TPSA) is 39.1 Å². The summed E-state index contributed by atoms with van der Waals surface area (Å²) in [7, 11) is 0. The first-order valence-electron chi connectivity index (χ1n) is 8.05. The third-order valence-electron chi connectivity index (χ3n) is 4.05. The maximum Gasteiger partial charge on any atom is 0.103 e. The van der Waals surface area contributed by atoms with E-state index in [0.717, 1.165) is 25.4 Å². The van der Waals surface area contributed by atoms with Crippen LogP contribution >= 0.6 is 0 Å². The smallest absolute Gasteiger partial charge is 0.103 e. The van der Waals surface area contributed by atoms with Crippen molar-refractivity contribution in [2.24, 2.45) is 0 Å². The summed E-state index contributed by atoms with van der Waals surface area (Å²) in [6.45, 7) is 9.71. The van der Waals surface area contributed by atoms with Gasteiger partial charge in [-0.3, -0.25) is 5.32 Å². The van der Waals surface area contributed by atoms with Gasteiger partial charge in [0.05, 0.1) is 6.07 Å². The van der Waals surface area contributed by atoms with E-state index < -0.39 is 0 Å². The van der Waals surface area contributed by atoms with Crippen LogP contribution in [0.25, 0.3) is 0 Å². The molecule has 1 saturated carbocycles. The lowest BCUT2D eigenvalue weighted by Crippen LogP contribution is -2.40. The van der Waals surface area contributed by atoms with Crippen molar-refractivity contribution in [1.82, 2.24) is 10.2 Å². The second-order valence-corrected chi connectivity index (χ2v) is 6.05. The van der Waals surface area contributed by atoms with Gasteiger partial charge in [-0.15, -0.1) is 0 Å².